The number of hydrogen-bond acceptors (Lipinski definition) is 5. The summed E-state index contributed by atoms with van der Waals surface area (Å²) in [7, 11) is 0. The third-order valence-corrected chi connectivity index (χ3v) is 4.75. The Hall–Kier alpha value is -2.63. The molecule has 140 valence electrons. The molecular weight excluding hydrogens is 336 g/mol. The molecule has 0 aromatic rings. The quantitative estimate of drug-likeness (QED) is 0.472. The molecule has 0 amide bonds. The standard InChI is InChI=1S/C20H24O6/c1-5-12(3)19(23)25-16-10-14(18(21)22)8-6-7-11(2)9-15-17(16)13(4)20(24)26-15/h5,8-9,15-17H,4,6-7,10H2,1-3H3,(H,21,22)/b11-9+,12-5-,14-8-/t15-,16-,17-/m0/s1. The highest BCUT2D eigenvalue weighted by molar-refractivity contribution is 5.92. The third-order valence-electron chi connectivity index (χ3n) is 4.75. The summed E-state index contributed by atoms with van der Waals surface area (Å²) in [5, 5.41) is 9.49. The van der Waals surface area contributed by atoms with Crippen LogP contribution in [0, 0.1) is 5.92 Å². The van der Waals surface area contributed by atoms with Crippen molar-refractivity contribution in [2.24, 2.45) is 5.92 Å². The van der Waals surface area contributed by atoms with Crippen LogP contribution in [0.25, 0.3) is 0 Å². The Kier molecular flexibility index (Phi) is 6.18. The maximum absolute atomic E-state index is 12.3. The van der Waals surface area contributed by atoms with Gasteiger partial charge in [0.05, 0.1) is 5.92 Å². The lowest BCUT2D eigenvalue weighted by molar-refractivity contribution is -0.148. The smallest absolute Gasteiger partial charge is 0.334 e. The molecule has 1 saturated heterocycles. The lowest BCUT2D eigenvalue weighted by Gasteiger charge is -2.27. The summed E-state index contributed by atoms with van der Waals surface area (Å²) >= 11 is 0. The van der Waals surface area contributed by atoms with Crippen molar-refractivity contribution in [3.05, 3.63) is 47.1 Å². The van der Waals surface area contributed by atoms with Gasteiger partial charge in [0, 0.05) is 23.1 Å². The molecule has 0 spiro atoms. The molecule has 0 radical (unpaired) electrons. The van der Waals surface area contributed by atoms with Crippen molar-refractivity contribution in [1.82, 2.24) is 0 Å². The lowest BCUT2D eigenvalue weighted by atomic mass is 9.85. The fourth-order valence-corrected chi connectivity index (χ4v) is 3.08. The Bertz CT molecular complexity index is 725. The number of carboxylic acid groups (broad SMARTS) is 1. The van der Waals surface area contributed by atoms with Crippen LogP contribution in [-0.2, 0) is 23.9 Å². The minimum Gasteiger partial charge on any atom is -0.478 e. The van der Waals surface area contributed by atoms with Crippen LogP contribution >= 0.6 is 0 Å². The zero-order valence-electron chi connectivity index (χ0n) is 15.3. The molecule has 2 rings (SSSR count). The Labute approximate surface area is 152 Å². The minimum absolute atomic E-state index is 0.0121. The number of aliphatic carboxylic acids is 1. The fraction of sp³-hybridized carbons (Fsp3) is 0.450. The van der Waals surface area contributed by atoms with E-state index < -0.39 is 36.0 Å². The van der Waals surface area contributed by atoms with Crippen LogP contribution in [0.15, 0.2) is 47.1 Å². The summed E-state index contributed by atoms with van der Waals surface area (Å²) in [4.78, 5) is 35.9. The van der Waals surface area contributed by atoms with Crippen LogP contribution in [-0.4, -0.2) is 35.2 Å². The summed E-state index contributed by atoms with van der Waals surface area (Å²) in [6.45, 7) is 9.01. The maximum Gasteiger partial charge on any atom is 0.334 e. The zero-order chi connectivity index (χ0) is 19.4. The van der Waals surface area contributed by atoms with E-state index in [9.17, 15) is 19.5 Å². The molecular formula is C20H24O6. The Morgan fingerprint density at radius 1 is 1.42 bits per heavy atom. The number of carboxylic acids is 1. The minimum atomic E-state index is -1.07. The molecule has 0 unspecified atom stereocenters. The first-order chi connectivity index (χ1) is 12.2. The van der Waals surface area contributed by atoms with Crippen molar-refractivity contribution in [2.75, 3.05) is 0 Å². The van der Waals surface area contributed by atoms with Gasteiger partial charge in [0.15, 0.2) is 0 Å². The number of fused-ring (bicyclic) bond motifs is 1. The van der Waals surface area contributed by atoms with Crippen LogP contribution in [0.4, 0.5) is 0 Å². The number of allylic oxidation sites excluding steroid dienone is 3. The van der Waals surface area contributed by atoms with E-state index in [0.717, 1.165) is 5.57 Å². The topological polar surface area (TPSA) is 89.9 Å². The van der Waals surface area contributed by atoms with E-state index in [2.05, 4.69) is 6.58 Å². The van der Waals surface area contributed by atoms with Crippen molar-refractivity contribution in [3.63, 3.8) is 0 Å². The average Bonchev–Trinajstić information content (AvgIpc) is 2.85. The van der Waals surface area contributed by atoms with Gasteiger partial charge in [-0.25, -0.2) is 14.4 Å². The van der Waals surface area contributed by atoms with Gasteiger partial charge in [-0.15, -0.1) is 0 Å². The Balaban J connectivity index is 2.46. The van der Waals surface area contributed by atoms with Crippen LogP contribution in [0.1, 0.15) is 40.0 Å². The predicted octanol–water partition coefficient (Wildman–Crippen LogP) is 3.10. The van der Waals surface area contributed by atoms with Crippen molar-refractivity contribution < 1.29 is 29.0 Å². The van der Waals surface area contributed by atoms with Gasteiger partial charge in [0.25, 0.3) is 0 Å². The SMILES string of the molecule is C=C1C(=O)O[C@H]2/C=C(\C)CC/C=C(\C(=O)O)C[C@H](OC(=O)/C(C)=C\C)[C@@H]12. The van der Waals surface area contributed by atoms with E-state index in [4.69, 9.17) is 9.47 Å². The van der Waals surface area contributed by atoms with E-state index >= 15 is 0 Å². The predicted molar refractivity (Wildman–Crippen MR) is 95.1 cm³/mol. The van der Waals surface area contributed by atoms with Crippen molar-refractivity contribution >= 4 is 17.9 Å². The molecule has 0 aromatic heterocycles. The zero-order valence-corrected chi connectivity index (χ0v) is 15.3. The van der Waals surface area contributed by atoms with E-state index in [1.165, 1.54) is 0 Å². The summed E-state index contributed by atoms with van der Waals surface area (Å²) < 4.78 is 11.0. The molecule has 26 heavy (non-hydrogen) atoms. The first kappa shape index (κ1) is 19.7. The summed E-state index contributed by atoms with van der Waals surface area (Å²) in [5.74, 6) is -2.78. The number of ether oxygens (including phenoxy) is 2. The van der Waals surface area contributed by atoms with Crippen molar-refractivity contribution in [1.29, 1.82) is 0 Å². The number of esters is 2. The van der Waals surface area contributed by atoms with Gasteiger partial charge < -0.3 is 14.6 Å². The van der Waals surface area contributed by atoms with E-state index in [1.54, 1.807) is 26.0 Å². The summed E-state index contributed by atoms with van der Waals surface area (Å²) in [6, 6.07) is 0. The molecule has 2 aliphatic rings. The van der Waals surface area contributed by atoms with Gasteiger partial charge in [-0.05, 0) is 39.7 Å². The van der Waals surface area contributed by atoms with Crippen LogP contribution in [0.3, 0.4) is 0 Å². The van der Waals surface area contributed by atoms with E-state index in [1.807, 2.05) is 13.0 Å². The highest BCUT2D eigenvalue weighted by Crippen LogP contribution is 2.36. The summed E-state index contributed by atoms with van der Waals surface area (Å²) in [6.07, 6.45) is 4.81. The molecule has 0 saturated carbocycles. The van der Waals surface area contributed by atoms with Crippen molar-refractivity contribution in [3.8, 4) is 0 Å². The molecule has 0 aromatic carbocycles. The molecule has 1 fully saturated rings. The van der Waals surface area contributed by atoms with E-state index in [-0.39, 0.29) is 17.6 Å². The van der Waals surface area contributed by atoms with Gasteiger partial charge in [-0.1, -0.05) is 24.3 Å². The third kappa shape index (κ3) is 4.31. The van der Waals surface area contributed by atoms with Gasteiger partial charge >= 0.3 is 17.9 Å². The number of hydrogen-bond donors (Lipinski definition) is 1. The molecule has 1 aliphatic heterocycles. The molecule has 0 bridgehead atoms. The largest absolute Gasteiger partial charge is 0.478 e. The van der Waals surface area contributed by atoms with Gasteiger partial charge in [-0.3, -0.25) is 0 Å². The highest BCUT2D eigenvalue weighted by Gasteiger charge is 2.45. The summed E-state index contributed by atoms with van der Waals surface area (Å²) in [5.41, 5.74) is 1.73. The number of carbonyl (C=O) groups is 3. The molecule has 1 N–H and O–H groups in total. The first-order valence-corrected chi connectivity index (χ1v) is 8.57. The maximum atomic E-state index is 12.3. The van der Waals surface area contributed by atoms with E-state index in [0.29, 0.717) is 18.4 Å². The second kappa shape index (κ2) is 8.17. The van der Waals surface area contributed by atoms with Crippen LogP contribution in [0.2, 0.25) is 0 Å². The molecule has 6 heteroatoms. The van der Waals surface area contributed by atoms with Crippen LogP contribution < -0.4 is 0 Å². The Morgan fingerprint density at radius 2 is 2.12 bits per heavy atom. The first-order valence-electron chi connectivity index (χ1n) is 8.57. The Morgan fingerprint density at radius 3 is 2.73 bits per heavy atom. The van der Waals surface area contributed by atoms with Crippen LogP contribution in [0.5, 0.6) is 0 Å². The monoisotopic (exact) mass is 360 g/mol. The lowest BCUT2D eigenvalue weighted by Crippen LogP contribution is -2.34. The highest BCUT2D eigenvalue weighted by atomic mass is 16.6. The molecule has 3 atom stereocenters. The van der Waals surface area contributed by atoms with Gasteiger partial charge in [0.1, 0.15) is 12.2 Å². The van der Waals surface area contributed by atoms with Gasteiger partial charge in [0.2, 0.25) is 0 Å². The fourth-order valence-electron chi connectivity index (χ4n) is 3.08. The molecule has 1 heterocycles. The second-order valence-electron chi connectivity index (χ2n) is 6.63. The van der Waals surface area contributed by atoms with Gasteiger partial charge in [-0.2, -0.15) is 0 Å². The normalized spacial score (nSPS) is 31.0. The molecule has 6 nitrogen and oxygen atoms in total. The average molecular weight is 360 g/mol. The molecule has 1 aliphatic carbocycles. The number of rotatable bonds is 3. The second-order valence-corrected chi connectivity index (χ2v) is 6.63. The van der Waals surface area contributed by atoms with Crippen molar-refractivity contribution in [2.45, 2.75) is 52.2 Å². The number of carbonyl (C=O) groups excluding carboxylic acids is 2.